The van der Waals surface area contributed by atoms with E-state index < -0.39 is 0 Å². The van der Waals surface area contributed by atoms with E-state index in [1.54, 1.807) is 10.6 Å². The Bertz CT molecular complexity index is 915. The van der Waals surface area contributed by atoms with Crippen molar-refractivity contribution in [2.75, 3.05) is 0 Å². The molecule has 2 aromatic carbocycles. The van der Waals surface area contributed by atoms with Gasteiger partial charge in [-0.25, -0.2) is 4.98 Å². The molecule has 1 aromatic heterocycles. The molecule has 1 aliphatic rings. The predicted molar refractivity (Wildman–Crippen MR) is 97.6 cm³/mol. The summed E-state index contributed by atoms with van der Waals surface area (Å²) in [6.07, 6.45) is 3.03. The Morgan fingerprint density at radius 1 is 1.00 bits per heavy atom. The minimum atomic E-state index is 0.0455. The predicted octanol–water partition coefficient (Wildman–Crippen LogP) is 3.83. The highest BCUT2D eigenvalue weighted by Crippen LogP contribution is 2.22. The molecule has 4 rings (SSSR count). The van der Waals surface area contributed by atoms with Crippen LogP contribution in [0, 0.1) is 0 Å². The maximum atomic E-state index is 12.3. The Morgan fingerprint density at radius 3 is 2.60 bits per heavy atom. The molecular formula is C21H20N2O2. The van der Waals surface area contributed by atoms with Gasteiger partial charge < -0.3 is 4.74 Å². The van der Waals surface area contributed by atoms with Gasteiger partial charge >= 0.3 is 0 Å². The number of aromatic nitrogens is 2. The third-order valence-electron chi connectivity index (χ3n) is 4.52. The fourth-order valence-electron chi connectivity index (χ4n) is 3.15. The highest BCUT2D eigenvalue weighted by Gasteiger charge is 2.13. The number of nitrogens with zero attached hydrogens (tertiary/aromatic N) is 2. The summed E-state index contributed by atoms with van der Waals surface area (Å²) in [5.74, 6) is 1.71. The molecule has 3 aromatic rings. The summed E-state index contributed by atoms with van der Waals surface area (Å²) >= 11 is 0. The number of hydrogen-bond acceptors (Lipinski definition) is 3. The Balaban J connectivity index is 1.52. The number of rotatable bonds is 4. The fraction of sp³-hybridized carbons (Fsp3) is 0.238. The second-order valence-corrected chi connectivity index (χ2v) is 6.30. The molecule has 0 fully saturated rings. The largest absolute Gasteiger partial charge is 0.489 e. The van der Waals surface area contributed by atoms with Crippen LogP contribution in [0.4, 0.5) is 0 Å². The van der Waals surface area contributed by atoms with Crippen LogP contribution < -0.4 is 10.3 Å². The number of aryl methyl sites for hydroxylation is 1. The van der Waals surface area contributed by atoms with Crippen LogP contribution in [0.5, 0.6) is 5.75 Å². The van der Waals surface area contributed by atoms with E-state index in [0.717, 1.165) is 54.2 Å². The number of hydrogen-bond donors (Lipinski definition) is 0. The first-order valence-electron chi connectivity index (χ1n) is 8.67. The van der Waals surface area contributed by atoms with Crippen LogP contribution in [0.2, 0.25) is 0 Å². The van der Waals surface area contributed by atoms with Crippen molar-refractivity contribution >= 4 is 0 Å². The van der Waals surface area contributed by atoms with E-state index in [1.165, 1.54) is 0 Å². The van der Waals surface area contributed by atoms with Crippen LogP contribution in [0.15, 0.2) is 65.5 Å². The third-order valence-corrected chi connectivity index (χ3v) is 4.52. The van der Waals surface area contributed by atoms with Crippen molar-refractivity contribution in [3.8, 4) is 17.0 Å². The summed E-state index contributed by atoms with van der Waals surface area (Å²) in [6, 6.07) is 19.5. The number of fused-ring (bicyclic) bond motifs is 1. The van der Waals surface area contributed by atoms with Crippen molar-refractivity contribution in [3.05, 3.63) is 82.4 Å². The molecule has 0 saturated heterocycles. The molecule has 0 bridgehead atoms. The first-order valence-corrected chi connectivity index (χ1v) is 8.67. The average molecular weight is 332 g/mol. The van der Waals surface area contributed by atoms with Crippen molar-refractivity contribution in [2.45, 2.75) is 32.4 Å². The molecular weight excluding hydrogens is 312 g/mol. The van der Waals surface area contributed by atoms with Gasteiger partial charge in [0.05, 0.1) is 5.69 Å². The summed E-state index contributed by atoms with van der Waals surface area (Å²) in [5.41, 5.74) is 2.87. The molecule has 1 aliphatic heterocycles. The zero-order chi connectivity index (χ0) is 17.1. The summed E-state index contributed by atoms with van der Waals surface area (Å²) in [7, 11) is 0. The second kappa shape index (κ2) is 6.93. The maximum Gasteiger partial charge on any atom is 0.254 e. The molecule has 126 valence electrons. The van der Waals surface area contributed by atoms with Gasteiger partial charge in [0, 0.05) is 24.6 Å². The van der Waals surface area contributed by atoms with Crippen molar-refractivity contribution < 1.29 is 4.74 Å². The van der Waals surface area contributed by atoms with Crippen molar-refractivity contribution in [3.63, 3.8) is 0 Å². The highest BCUT2D eigenvalue weighted by molar-refractivity contribution is 5.59. The lowest BCUT2D eigenvalue weighted by atomic mass is 10.1. The van der Waals surface area contributed by atoms with E-state index >= 15 is 0 Å². The SMILES string of the molecule is O=c1cc(-c2ccc(OCc3ccccc3)cc2)nc2n1CCCC2. The minimum Gasteiger partial charge on any atom is -0.489 e. The van der Waals surface area contributed by atoms with Crippen LogP contribution in [0.25, 0.3) is 11.3 Å². The van der Waals surface area contributed by atoms with E-state index in [4.69, 9.17) is 4.74 Å². The van der Waals surface area contributed by atoms with E-state index in [-0.39, 0.29) is 5.56 Å². The first kappa shape index (κ1) is 15.6. The molecule has 2 heterocycles. The average Bonchev–Trinajstić information content (AvgIpc) is 2.68. The zero-order valence-electron chi connectivity index (χ0n) is 14.0. The first-order chi connectivity index (χ1) is 12.3. The summed E-state index contributed by atoms with van der Waals surface area (Å²) in [4.78, 5) is 17.0. The lowest BCUT2D eigenvalue weighted by Gasteiger charge is -2.17. The lowest BCUT2D eigenvalue weighted by molar-refractivity contribution is 0.306. The van der Waals surface area contributed by atoms with Crippen LogP contribution in [0.1, 0.15) is 24.2 Å². The second-order valence-electron chi connectivity index (χ2n) is 6.30. The monoisotopic (exact) mass is 332 g/mol. The van der Waals surface area contributed by atoms with Crippen molar-refractivity contribution in [2.24, 2.45) is 0 Å². The Hall–Kier alpha value is -2.88. The van der Waals surface area contributed by atoms with Gasteiger partial charge in [0.1, 0.15) is 18.2 Å². The van der Waals surface area contributed by atoms with Crippen LogP contribution in [0.3, 0.4) is 0 Å². The van der Waals surface area contributed by atoms with Crippen molar-refractivity contribution in [1.82, 2.24) is 9.55 Å². The van der Waals surface area contributed by atoms with Gasteiger partial charge in [0.25, 0.3) is 5.56 Å². The number of ether oxygens (including phenoxy) is 1. The smallest absolute Gasteiger partial charge is 0.254 e. The molecule has 0 aliphatic carbocycles. The molecule has 0 N–H and O–H groups in total. The maximum absolute atomic E-state index is 12.3. The zero-order valence-corrected chi connectivity index (χ0v) is 14.0. The van der Waals surface area contributed by atoms with Gasteiger partial charge in [-0.1, -0.05) is 30.3 Å². The quantitative estimate of drug-likeness (QED) is 0.729. The Labute approximate surface area is 146 Å². The normalized spacial score (nSPS) is 13.3. The lowest BCUT2D eigenvalue weighted by Crippen LogP contribution is -2.27. The summed E-state index contributed by atoms with van der Waals surface area (Å²) < 4.78 is 7.61. The molecule has 0 radical (unpaired) electrons. The molecule has 0 unspecified atom stereocenters. The van der Waals surface area contributed by atoms with Crippen molar-refractivity contribution in [1.29, 1.82) is 0 Å². The van der Waals surface area contributed by atoms with Gasteiger partial charge in [-0.3, -0.25) is 9.36 Å². The molecule has 25 heavy (non-hydrogen) atoms. The van der Waals surface area contributed by atoms with E-state index in [2.05, 4.69) is 4.98 Å². The molecule has 0 saturated carbocycles. The standard InChI is InChI=1S/C21H20N2O2/c24-21-14-19(22-20-8-4-5-13-23(20)21)17-9-11-18(12-10-17)25-15-16-6-2-1-3-7-16/h1-3,6-7,9-12,14H,4-5,8,13,15H2. The summed E-state index contributed by atoms with van der Waals surface area (Å²) in [5, 5.41) is 0. The van der Waals surface area contributed by atoms with Crippen LogP contribution in [-0.2, 0) is 19.6 Å². The van der Waals surface area contributed by atoms with Gasteiger partial charge in [-0.15, -0.1) is 0 Å². The van der Waals surface area contributed by atoms with E-state index in [9.17, 15) is 4.79 Å². The molecule has 4 heteroatoms. The molecule has 0 atom stereocenters. The van der Waals surface area contributed by atoms with E-state index in [0.29, 0.717) is 6.61 Å². The molecule has 4 nitrogen and oxygen atoms in total. The van der Waals surface area contributed by atoms with Gasteiger partial charge in [0.15, 0.2) is 0 Å². The van der Waals surface area contributed by atoms with Gasteiger partial charge in [0.2, 0.25) is 0 Å². The van der Waals surface area contributed by atoms with Crippen LogP contribution >= 0.6 is 0 Å². The topological polar surface area (TPSA) is 44.1 Å². The number of benzene rings is 2. The Kier molecular flexibility index (Phi) is 4.34. The Morgan fingerprint density at radius 2 is 1.80 bits per heavy atom. The molecule has 0 amide bonds. The van der Waals surface area contributed by atoms with Gasteiger partial charge in [-0.2, -0.15) is 0 Å². The van der Waals surface area contributed by atoms with Crippen LogP contribution in [-0.4, -0.2) is 9.55 Å². The molecule has 0 spiro atoms. The summed E-state index contributed by atoms with van der Waals surface area (Å²) in [6.45, 7) is 1.33. The third kappa shape index (κ3) is 3.48. The highest BCUT2D eigenvalue weighted by atomic mass is 16.5. The minimum absolute atomic E-state index is 0.0455. The van der Waals surface area contributed by atoms with E-state index in [1.807, 2.05) is 54.6 Å². The van der Waals surface area contributed by atoms with Gasteiger partial charge in [-0.05, 0) is 42.7 Å². The fourth-order valence-corrected chi connectivity index (χ4v) is 3.15.